The van der Waals surface area contributed by atoms with Crippen LogP contribution in [-0.4, -0.2) is 29.1 Å². The lowest BCUT2D eigenvalue weighted by Gasteiger charge is -2.21. The third-order valence-corrected chi connectivity index (χ3v) is 5.84. The molecule has 0 saturated heterocycles. The normalized spacial score (nSPS) is 10.4. The predicted octanol–water partition coefficient (Wildman–Crippen LogP) is 4.84. The number of carbonyl (C=O) groups is 1. The van der Waals surface area contributed by atoms with Crippen molar-refractivity contribution in [3.63, 3.8) is 0 Å². The molecule has 8 heteroatoms. The molecule has 0 atom stereocenters. The molecular formula is C19H20N4OS3. The van der Waals surface area contributed by atoms with E-state index in [4.69, 9.17) is 12.2 Å². The molecule has 3 aromatic rings. The molecule has 0 aliphatic heterocycles. The quantitative estimate of drug-likeness (QED) is 0.563. The summed E-state index contributed by atoms with van der Waals surface area (Å²) in [4.78, 5) is 20.2. The third kappa shape index (κ3) is 4.91. The lowest BCUT2D eigenvalue weighted by atomic mass is 10.2. The summed E-state index contributed by atoms with van der Waals surface area (Å²) in [6.07, 6.45) is 0. The summed E-state index contributed by atoms with van der Waals surface area (Å²) in [5.41, 5.74) is 2.56. The van der Waals surface area contributed by atoms with Crippen molar-refractivity contribution in [1.29, 1.82) is 0 Å². The van der Waals surface area contributed by atoms with Crippen LogP contribution >= 0.6 is 34.9 Å². The highest BCUT2D eigenvalue weighted by Crippen LogP contribution is 2.28. The molecule has 0 aliphatic carbocycles. The number of benzene rings is 1. The Balaban J connectivity index is 1.58. The smallest absolute Gasteiger partial charge is 0.257 e. The Kier molecular flexibility index (Phi) is 6.54. The number of amides is 1. The molecule has 3 rings (SSSR count). The van der Waals surface area contributed by atoms with Crippen LogP contribution in [0.25, 0.3) is 10.6 Å². The number of thiazole rings is 1. The summed E-state index contributed by atoms with van der Waals surface area (Å²) in [6.45, 7) is 6.07. The standard InChI is InChI=1S/C19H20N4OS3/c1-3-23(4-2)14-9-7-13(8-10-14)17(24)21-18(25)22-19-20-15(12-27-19)16-6-5-11-26-16/h5-12H,3-4H2,1-2H3,(H2,20,21,22,24,25). The first kappa shape index (κ1) is 19.5. The van der Waals surface area contributed by atoms with Gasteiger partial charge in [0.2, 0.25) is 0 Å². The molecule has 0 radical (unpaired) electrons. The van der Waals surface area contributed by atoms with Crippen molar-refractivity contribution in [3.8, 4) is 10.6 Å². The van der Waals surface area contributed by atoms with Crippen molar-refractivity contribution in [3.05, 3.63) is 52.7 Å². The fraction of sp³-hybridized carbons (Fsp3) is 0.211. The number of thiocarbonyl (C=S) groups is 1. The minimum atomic E-state index is -0.242. The van der Waals surface area contributed by atoms with Crippen LogP contribution in [0.4, 0.5) is 10.8 Å². The summed E-state index contributed by atoms with van der Waals surface area (Å²) in [7, 11) is 0. The number of hydrogen-bond donors (Lipinski definition) is 2. The molecule has 0 saturated carbocycles. The van der Waals surface area contributed by atoms with Crippen LogP contribution in [0.2, 0.25) is 0 Å². The minimum Gasteiger partial charge on any atom is -0.372 e. The van der Waals surface area contributed by atoms with E-state index in [9.17, 15) is 4.79 Å². The van der Waals surface area contributed by atoms with Gasteiger partial charge in [0, 0.05) is 29.7 Å². The summed E-state index contributed by atoms with van der Waals surface area (Å²) in [6, 6.07) is 11.5. The van der Waals surface area contributed by atoms with Crippen molar-refractivity contribution in [2.24, 2.45) is 0 Å². The van der Waals surface area contributed by atoms with E-state index in [2.05, 4.69) is 34.4 Å². The van der Waals surface area contributed by atoms with E-state index >= 15 is 0 Å². The van der Waals surface area contributed by atoms with Gasteiger partial charge in [-0.05, 0) is 61.8 Å². The second-order valence-electron chi connectivity index (χ2n) is 5.64. The van der Waals surface area contributed by atoms with E-state index in [0.717, 1.165) is 29.3 Å². The van der Waals surface area contributed by atoms with Gasteiger partial charge < -0.3 is 10.2 Å². The Morgan fingerprint density at radius 1 is 1.15 bits per heavy atom. The zero-order valence-corrected chi connectivity index (χ0v) is 17.5. The first-order chi connectivity index (χ1) is 13.1. The number of anilines is 2. The van der Waals surface area contributed by atoms with Gasteiger partial charge in [0.05, 0.1) is 10.6 Å². The van der Waals surface area contributed by atoms with Crippen molar-refractivity contribution in [1.82, 2.24) is 10.3 Å². The molecule has 1 aromatic carbocycles. The third-order valence-electron chi connectivity index (χ3n) is 3.98. The summed E-state index contributed by atoms with van der Waals surface area (Å²) < 4.78 is 0. The SMILES string of the molecule is CCN(CC)c1ccc(C(=O)NC(=S)Nc2nc(-c3cccs3)cs2)cc1. The van der Waals surface area contributed by atoms with Crippen LogP contribution in [0, 0.1) is 0 Å². The fourth-order valence-corrected chi connectivity index (χ4v) is 4.31. The Morgan fingerprint density at radius 3 is 2.52 bits per heavy atom. The molecule has 0 bridgehead atoms. The second-order valence-corrected chi connectivity index (χ2v) is 7.86. The van der Waals surface area contributed by atoms with Gasteiger partial charge in [0.1, 0.15) is 0 Å². The molecular weight excluding hydrogens is 396 g/mol. The number of rotatable bonds is 6. The first-order valence-electron chi connectivity index (χ1n) is 8.57. The van der Waals surface area contributed by atoms with Crippen LogP contribution in [0.3, 0.4) is 0 Å². The maximum absolute atomic E-state index is 12.4. The molecule has 5 nitrogen and oxygen atoms in total. The number of nitrogens with zero attached hydrogens (tertiary/aromatic N) is 2. The predicted molar refractivity (Wildman–Crippen MR) is 119 cm³/mol. The van der Waals surface area contributed by atoms with Gasteiger partial charge in [0.15, 0.2) is 10.2 Å². The Morgan fingerprint density at radius 2 is 1.89 bits per heavy atom. The Bertz CT molecular complexity index is 899. The summed E-state index contributed by atoms with van der Waals surface area (Å²) >= 11 is 8.33. The zero-order valence-electron chi connectivity index (χ0n) is 15.1. The van der Waals surface area contributed by atoms with Crippen LogP contribution in [0.15, 0.2) is 47.2 Å². The average molecular weight is 417 g/mol. The molecule has 0 unspecified atom stereocenters. The van der Waals surface area contributed by atoms with Crippen LogP contribution in [0.5, 0.6) is 0 Å². The number of hydrogen-bond acceptors (Lipinski definition) is 6. The van der Waals surface area contributed by atoms with E-state index < -0.39 is 0 Å². The Hall–Kier alpha value is -2.29. The van der Waals surface area contributed by atoms with E-state index in [1.54, 1.807) is 11.3 Å². The minimum absolute atomic E-state index is 0.236. The lowest BCUT2D eigenvalue weighted by Crippen LogP contribution is -2.34. The summed E-state index contributed by atoms with van der Waals surface area (Å²) in [5.74, 6) is -0.242. The number of aromatic nitrogens is 1. The Labute approximate surface area is 172 Å². The molecule has 0 aliphatic rings. The first-order valence-corrected chi connectivity index (χ1v) is 10.7. The maximum Gasteiger partial charge on any atom is 0.257 e. The van der Waals surface area contributed by atoms with Crippen LogP contribution < -0.4 is 15.5 Å². The molecule has 2 aromatic heterocycles. The van der Waals surface area contributed by atoms with Gasteiger partial charge in [0.25, 0.3) is 5.91 Å². The largest absolute Gasteiger partial charge is 0.372 e. The van der Waals surface area contributed by atoms with Crippen molar-refractivity contribution in [2.75, 3.05) is 23.3 Å². The van der Waals surface area contributed by atoms with Crippen molar-refractivity contribution in [2.45, 2.75) is 13.8 Å². The van der Waals surface area contributed by atoms with Crippen LogP contribution in [0.1, 0.15) is 24.2 Å². The van der Waals surface area contributed by atoms with Gasteiger partial charge in [-0.1, -0.05) is 6.07 Å². The lowest BCUT2D eigenvalue weighted by molar-refractivity contribution is 0.0978. The molecule has 2 N–H and O–H groups in total. The maximum atomic E-state index is 12.4. The molecule has 2 heterocycles. The topological polar surface area (TPSA) is 57.3 Å². The van der Waals surface area contributed by atoms with E-state index in [0.29, 0.717) is 10.7 Å². The van der Waals surface area contributed by atoms with Crippen molar-refractivity contribution >= 4 is 56.7 Å². The molecule has 0 spiro atoms. The molecule has 0 fully saturated rings. The molecule has 27 heavy (non-hydrogen) atoms. The van der Waals surface area contributed by atoms with Crippen LogP contribution in [-0.2, 0) is 0 Å². The monoisotopic (exact) mass is 416 g/mol. The van der Waals surface area contributed by atoms with E-state index in [-0.39, 0.29) is 11.0 Å². The summed E-state index contributed by atoms with van der Waals surface area (Å²) in [5, 5.41) is 10.5. The van der Waals surface area contributed by atoms with E-state index in [1.165, 1.54) is 11.3 Å². The van der Waals surface area contributed by atoms with Crippen molar-refractivity contribution < 1.29 is 4.79 Å². The van der Waals surface area contributed by atoms with Gasteiger partial charge in [-0.15, -0.1) is 22.7 Å². The van der Waals surface area contributed by atoms with Gasteiger partial charge >= 0.3 is 0 Å². The van der Waals surface area contributed by atoms with E-state index in [1.807, 2.05) is 47.2 Å². The second kappa shape index (κ2) is 9.07. The van der Waals surface area contributed by atoms with Gasteiger partial charge in [-0.25, -0.2) is 4.98 Å². The van der Waals surface area contributed by atoms with Gasteiger partial charge in [-0.3, -0.25) is 10.1 Å². The molecule has 1 amide bonds. The molecule has 140 valence electrons. The highest BCUT2D eigenvalue weighted by Gasteiger charge is 2.11. The highest BCUT2D eigenvalue weighted by atomic mass is 32.1. The zero-order chi connectivity index (χ0) is 19.2. The highest BCUT2D eigenvalue weighted by molar-refractivity contribution is 7.80. The average Bonchev–Trinajstić information content (AvgIpc) is 3.35. The number of nitrogens with one attached hydrogen (secondary N) is 2. The fourth-order valence-electron chi connectivity index (χ4n) is 2.58. The number of carbonyl (C=O) groups excluding carboxylic acids is 1. The van der Waals surface area contributed by atoms with Gasteiger partial charge in [-0.2, -0.15) is 0 Å². The number of thiophene rings is 1.